The molecule has 3 aliphatic rings. The minimum absolute atomic E-state index is 0.133. The van der Waals surface area contributed by atoms with Gasteiger partial charge < -0.3 is 20.4 Å². The Labute approximate surface area is 216 Å². The quantitative estimate of drug-likeness (QED) is 0.420. The van der Waals surface area contributed by atoms with E-state index in [1.165, 1.54) is 15.8 Å². The first-order valence-electron chi connectivity index (χ1n) is 13.1. The highest BCUT2D eigenvalue weighted by atomic mass is 32.1. The number of benzene rings is 1. The number of nitrogens with one attached hydrogen (secondary N) is 2. The molecule has 8 heteroatoms. The molecule has 188 valence electrons. The van der Waals surface area contributed by atoms with Crippen molar-refractivity contribution in [3.05, 3.63) is 53.2 Å². The van der Waals surface area contributed by atoms with Crippen molar-refractivity contribution in [3.8, 4) is 0 Å². The number of pyridine rings is 1. The Morgan fingerprint density at radius 3 is 2.86 bits per heavy atom. The Kier molecular flexibility index (Phi) is 6.17. The fourth-order valence-electron chi connectivity index (χ4n) is 5.66. The Morgan fingerprint density at radius 1 is 1.25 bits per heavy atom. The van der Waals surface area contributed by atoms with Crippen LogP contribution in [-0.2, 0) is 11.2 Å². The first kappa shape index (κ1) is 23.4. The lowest BCUT2D eigenvalue weighted by Crippen LogP contribution is -2.45. The van der Waals surface area contributed by atoms with E-state index < -0.39 is 0 Å². The smallest absolute Gasteiger partial charge is 0.230 e. The van der Waals surface area contributed by atoms with Crippen LogP contribution in [0.15, 0.2) is 47.6 Å². The van der Waals surface area contributed by atoms with E-state index in [1.54, 1.807) is 11.3 Å². The number of nitrogens with zero attached hydrogens (tertiary/aromatic N) is 4. The minimum atomic E-state index is -0.133. The van der Waals surface area contributed by atoms with E-state index in [0.29, 0.717) is 5.91 Å². The van der Waals surface area contributed by atoms with Crippen LogP contribution in [0, 0.1) is 5.41 Å². The zero-order valence-electron chi connectivity index (χ0n) is 21.1. The van der Waals surface area contributed by atoms with Crippen LogP contribution in [0.2, 0.25) is 0 Å². The van der Waals surface area contributed by atoms with E-state index >= 15 is 0 Å². The minimum Gasteiger partial charge on any atom is -0.363 e. The molecule has 1 saturated carbocycles. The van der Waals surface area contributed by atoms with Gasteiger partial charge in [0.15, 0.2) is 0 Å². The van der Waals surface area contributed by atoms with E-state index in [1.807, 2.05) is 11.7 Å². The predicted molar refractivity (Wildman–Crippen MR) is 147 cm³/mol. The van der Waals surface area contributed by atoms with Crippen molar-refractivity contribution < 1.29 is 4.79 Å². The van der Waals surface area contributed by atoms with Gasteiger partial charge in [-0.3, -0.25) is 4.79 Å². The van der Waals surface area contributed by atoms with Gasteiger partial charge in [0.1, 0.15) is 5.82 Å². The summed E-state index contributed by atoms with van der Waals surface area (Å²) in [5.41, 5.74) is 7.56. The molecule has 0 spiro atoms. The monoisotopic (exact) mass is 502 g/mol. The Bertz CT molecular complexity index is 1310. The lowest BCUT2D eigenvalue weighted by atomic mass is 9.95. The average molecular weight is 503 g/mol. The molecule has 2 aliphatic heterocycles. The fourth-order valence-corrected chi connectivity index (χ4v) is 6.38. The van der Waals surface area contributed by atoms with Crippen molar-refractivity contribution in [1.29, 1.82) is 0 Å². The molecule has 0 saturated heterocycles. The Hall–Kier alpha value is -2.97. The van der Waals surface area contributed by atoms with Gasteiger partial charge >= 0.3 is 0 Å². The van der Waals surface area contributed by atoms with Gasteiger partial charge in [-0.2, -0.15) is 0 Å². The molecule has 4 heterocycles. The molecule has 7 nitrogen and oxygen atoms in total. The van der Waals surface area contributed by atoms with Gasteiger partial charge in [0.05, 0.1) is 27.2 Å². The molecular formula is C28H34N6OS. The summed E-state index contributed by atoms with van der Waals surface area (Å²) in [4.78, 5) is 26.8. The van der Waals surface area contributed by atoms with E-state index in [2.05, 4.69) is 74.6 Å². The molecule has 0 bridgehead atoms. The van der Waals surface area contributed by atoms with Gasteiger partial charge in [-0.25, -0.2) is 9.97 Å². The zero-order valence-corrected chi connectivity index (χ0v) is 21.9. The molecular weight excluding hydrogens is 468 g/mol. The topological polar surface area (TPSA) is 73.4 Å². The number of carbonyl (C=O) groups excluding carboxylic acids is 1. The molecule has 0 radical (unpaired) electrons. The summed E-state index contributed by atoms with van der Waals surface area (Å²) in [7, 11) is 0. The van der Waals surface area contributed by atoms with E-state index in [9.17, 15) is 4.79 Å². The van der Waals surface area contributed by atoms with Crippen molar-refractivity contribution in [2.24, 2.45) is 5.41 Å². The number of rotatable bonds is 8. The fraction of sp³-hybridized carbons (Fsp3) is 0.464. The second-order valence-corrected chi connectivity index (χ2v) is 11.2. The lowest BCUT2D eigenvalue weighted by Gasteiger charge is -2.33. The normalized spacial score (nSPS) is 20.2. The maximum atomic E-state index is 13.4. The zero-order chi connectivity index (χ0) is 24.7. The molecule has 2 aromatic heterocycles. The van der Waals surface area contributed by atoms with Gasteiger partial charge in [-0.1, -0.05) is 19.9 Å². The summed E-state index contributed by atoms with van der Waals surface area (Å²) in [6.45, 7) is 8.82. The second-order valence-electron chi connectivity index (χ2n) is 10.3. The van der Waals surface area contributed by atoms with Crippen LogP contribution >= 0.6 is 11.3 Å². The molecule has 6 rings (SSSR count). The molecule has 1 atom stereocenters. The SMILES string of the molecule is CCN(CC)CC1(C(=O)N2CC=C(C3Cc4c(Nc5ccc6ncsc6c5)ccnc4N3)CC2)CC1. The highest BCUT2D eigenvalue weighted by Crippen LogP contribution is 2.48. The average Bonchev–Trinajstić information content (AvgIpc) is 3.32. The largest absolute Gasteiger partial charge is 0.363 e. The highest BCUT2D eigenvalue weighted by Gasteiger charge is 2.52. The van der Waals surface area contributed by atoms with Crippen LogP contribution in [0.4, 0.5) is 17.2 Å². The molecule has 1 aliphatic carbocycles. The van der Waals surface area contributed by atoms with Crippen LogP contribution in [-0.4, -0.2) is 64.4 Å². The van der Waals surface area contributed by atoms with E-state index in [0.717, 1.165) is 81.1 Å². The number of amides is 1. The molecule has 1 unspecified atom stereocenters. The summed E-state index contributed by atoms with van der Waals surface area (Å²) in [5, 5.41) is 7.25. The van der Waals surface area contributed by atoms with Crippen molar-refractivity contribution in [2.45, 2.75) is 45.6 Å². The number of fused-ring (bicyclic) bond motifs is 2. The summed E-state index contributed by atoms with van der Waals surface area (Å²) in [5.74, 6) is 1.32. The molecule has 3 aromatic rings. The van der Waals surface area contributed by atoms with Crippen LogP contribution < -0.4 is 10.6 Å². The summed E-state index contributed by atoms with van der Waals surface area (Å²) in [6.07, 6.45) is 8.04. The van der Waals surface area contributed by atoms with E-state index in [-0.39, 0.29) is 11.5 Å². The number of aromatic nitrogens is 2. The molecule has 1 amide bonds. The summed E-state index contributed by atoms with van der Waals surface area (Å²) >= 11 is 1.66. The van der Waals surface area contributed by atoms with Crippen molar-refractivity contribution in [1.82, 2.24) is 19.8 Å². The molecule has 2 N–H and O–H groups in total. The number of hydrogen-bond acceptors (Lipinski definition) is 7. The van der Waals surface area contributed by atoms with Crippen LogP contribution in [0.3, 0.4) is 0 Å². The van der Waals surface area contributed by atoms with Crippen molar-refractivity contribution >= 4 is 44.7 Å². The van der Waals surface area contributed by atoms with Gasteiger partial charge in [0.25, 0.3) is 0 Å². The van der Waals surface area contributed by atoms with Crippen molar-refractivity contribution in [2.75, 3.05) is 43.4 Å². The van der Waals surface area contributed by atoms with Crippen LogP contribution in [0.1, 0.15) is 38.7 Å². The number of thiazole rings is 1. The number of hydrogen-bond donors (Lipinski definition) is 2. The van der Waals surface area contributed by atoms with Gasteiger partial charge in [-0.15, -0.1) is 11.3 Å². The maximum absolute atomic E-state index is 13.4. The van der Waals surface area contributed by atoms with Crippen LogP contribution in [0.25, 0.3) is 10.2 Å². The third-order valence-electron chi connectivity index (χ3n) is 8.09. The van der Waals surface area contributed by atoms with E-state index in [4.69, 9.17) is 0 Å². The summed E-state index contributed by atoms with van der Waals surface area (Å²) < 4.78 is 1.18. The predicted octanol–water partition coefficient (Wildman–Crippen LogP) is 5.05. The maximum Gasteiger partial charge on any atom is 0.230 e. The Morgan fingerprint density at radius 2 is 2.11 bits per heavy atom. The number of anilines is 3. The standard InChI is InChI=1S/C28H34N6OS/c1-3-33(4-2)17-28(10-11-28)27(35)34-13-8-19(9-14-34)24-16-21-22(7-12-29-26(21)32-24)31-20-5-6-23-25(15-20)36-18-30-23/h5-8,12,15,18,24H,3-4,9-11,13-14,16-17H2,1-2H3,(H2,29,31,32). The van der Waals surface area contributed by atoms with Gasteiger partial charge in [0, 0.05) is 49.2 Å². The third kappa shape index (κ3) is 4.37. The molecule has 1 fully saturated rings. The lowest BCUT2D eigenvalue weighted by molar-refractivity contribution is -0.137. The first-order valence-corrected chi connectivity index (χ1v) is 14.0. The number of carbonyl (C=O) groups is 1. The van der Waals surface area contributed by atoms with Crippen LogP contribution in [0.5, 0.6) is 0 Å². The van der Waals surface area contributed by atoms with Gasteiger partial charge in [-0.05, 0) is 62.2 Å². The Balaban J connectivity index is 1.12. The molecule has 36 heavy (non-hydrogen) atoms. The van der Waals surface area contributed by atoms with Gasteiger partial charge in [0.2, 0.25) is 5.91 Å². The van der Waals surface area contributed by atoms with Crippen molar-refractivity contribution in [3.63, 3.8) is 0 Å². The second kappa shape index (κ2) is 9.48. The third-order valence-corrected chi connectivity index (χ3v) is 8.88. The first-order chi connectivity index (χ1) is 17.6. The summed E-state index contributed by atoms with van der Waals surface area (Å²) in [6, 6.07) is 8.59. The molecule has 1 aromatic carbocycles. The highest BCUT2D eigenvalue weighted by molar-refractivity contribution is 7.16.